The van der Waals surface area contributed by atoms with Crippen molar-refractivity contribution in [2.75, 3.05) is 34.3 Å². The number of nitrogen functional groups attached to an aromatic ring is 1. The second-order valence-electron chi connectivity index (χ2n) is 7.13. The van der Waals surface area contributed by atoms with Crippen LogP contribution in [0.4, 0.5) is 17.1 Å². The molecule has 1 aliphatic heterocycles. The molecular weight excluding hydrogens is 474 g/mol. The highest BCUT2D eigenvalue weighted by Crippen LogP contribution is 2.23. The Morgan fingerprint density at radius 1 is 1.18 bits per heavy atom. The molecule has 2 atom stereocenters. The molecule has 6 N–H and O–H groups in total. The third-order valence-corrected chi connectivity index (χ3v) is 5.23. The minimum absolute atomic E-state index is 0. The van der Waals surface area contributed by atoms with Gasteiger partial charge in [0.15, 0.2) is 12.2 Å². The largest absolute Gasteiger partial charge is 0.384 e. The molecule has 2 amide bonds. The number of ether oxygens (including phenoxy) is 1. The smallest absolute Gasteiger partial charge is 0.259 e. The molecule has 0 aliphatic carbocycles. The van der Waals surface area contributed by atoms with E-state index in [-0.39, 0.29) is 31.4 Å². The van der Waals surface area contributed by atoms with Crippen LogP contribution in [-0.4, -0.2) is 62.8 Å². The molecule has 2 aromatic rings. The van der Waals surface area contributed by atoms with Crippen molar-refractivity contribution in [2.24, 2.45) is 5.73 Å². The van der Waals surface area contributed by atoms with Crippen molar-refractivity contribution in [1.82, 2.24) is 0 Å². The van der Waals surface area contributed by atoms with Crippen LogP contribution in [0.25, 0.3) is 0 Å². The molecule has 1 fully saturated rings. The van der Waals surface area contributed by atoms with Crippen molar-refractivity contribution in [3.8, 4) is 0 Å². The van der Waals surface area contributed by atoms with Gasteiger partial charge in [0, 0.05) is 29.2 Å². The third kappa shape index (κ3) is 6.65. The summed E-state index contributed by atoms with van der Waals surface area (Å²) < 4.78 is 30.3. The molecule has 178 valence electrons. The van der Waals surface area contributed by atoms with Crippen LogP contribution in [0, 0.1) is 5.41 Å². The first-order valence-electron chi connectivity index (χ1n) is 9.49. The Morgan fingerprint density at radius 2 is 1.76 bits per heavy atom. The molecular formula is C20H24ClN5O6S. The molecule has 1 saturated heterocycles. The average Bonchev–Trinajstić information content (AvgIpc) is 2.73. The number of amides is 2. The maximum Gasteiger partial charge on any atom is 0.259 e. The summed E-state index contributed by atoms with van der Waals surface area (Å²) in [5, 5.41) is 20.3. The van der Waals surface area contributed by atoms with Gasteiger partial charge < -0.3 is 25.8 Å². The highest BCUT2D eigenvalue weighted by molar-refractivity contribution is 7.92. The number of rotatable bonds is 7. The summed E-state index contributed by atoms with van der Waals surface area (Å²) in [6, 6.07) is 12.2. The first-order chi connectivity index (χ1) is 15.0. The molecule has 1 aliphatic rings. The van der Waals surface area contributed by atoms with Crippen LogP contribution in [0.15, 0.2) is 48.5 Å². The predicted octanol–water partition coefficient (Wildman–Crippen LogP) is 0.495. The highest BCUT2D eigenvalue weighted by atomic mass is 35.5. The van der Waals surface area contributed by atoms with E-state index in [1.54, 1.807) is 12.1 Å². The van der Waals surface area contributed by atoms with Gasteiger partial charge in [-0.25, -0.2) is 8.42 Å². The van der Waals surface area contributed by atoms with E-state index in [9.17, 15) is 23.1 Å². The number of aliphatic hydroxyl groups is 1. The van der Waals surface area contributed by atoms with Gasteiger partial charge in [0.2, 0.25) is 10.0 Å². The highest BCUT2D eigenvalue weighted by Gasteiger charge is 2.39. The lowest BCUT2D eigenvalue weighted by Crippen LogP contribution is -2.55. The molecule has 3 rings (SSSR count). The fraction of sp³-hybridized carbons (Fsp3) is 0.250. The van der Waals surface area contributed by atoms with Crippen molar-refractivity contribution in [1.29, 1.82) is 5.41 Å². The van der Waals surface area contributed by atoms with Crippen LogP contribution in [0.3, 0.4) is 0 Å². The molecule has 0 saturated carbocycles. The monoisotopic (exact) mass is 497 g/mol. The van der Waals surface area contributed by atoms with Gasteiger partial charge in [0.1, 0.15) is 5.84 Å². The minimum atomic E-state index is -3.43. The Morgan fingerprint density at radius 3 is 2.30 bits per heavy atom. The summed E-state index contributed by atoms with van der Waals surface area (Å²) in [5.74, 6) is -1.55. The summed E-state index contributed by atoms with van der Waals surface area (Å²) in [5.41, 5.74) is 7.02. The fourth-order valence-electron chi connectivity index (χ4n) is 3.10. The molecule has 0 unspecified atom stereocenters. The Balaban J connectivity index is 0.00000385. The second-order valence-corrected chi connectivity index (χ2v) is 8.88. The van der Waals surface area contributed by atoms with E-state index in [1.165, 1.54) is 41.3 Å². The maximum absolute atomic E-state index is 12.9. The second kappa shape index (κ2) is 10.6. The van der Waals surface area contributed by atoms with Crippen molar-refractivity contribution < 1.29 is 27.9 Å². The van der Waals surface area contributed by atoms with Crippen LogP contribution in [0.1, 0.15) is 5.56 Å². The van der Waals surface area contributed by atoms with Gasteiger partial charge in [-0.05, 0) is 48.5 Å². The number of carbonyl (C=O) groups excluding carboxylic acids is 2. The number of hydrogen-bond donors (Lipinski definition) is 5. The molecule has 11 nitrogen and oxygen atoms in total. The number of nitrogens with two attached hydrogens (primary N) is 1. The zero-order valence-electron chi connectivity index (χ0n) is 17.5. The number of nitrogens with zero attached hydrogens (tertiary/aromatic N) is 1. The number of nitrogens with one attached hydrogen (secondary N) is 3. The van der Waals surface area contributed by atoms with E-state index in [0.29, 0.717) is 22.6 Å². The van der Waals surface area contributed by atoms with Crippen LogP contribution < -0.4 is 20.7 Å². The normalized spacial score (nSPS) is 17.0. The predicted molar refractivity (Wildman–Crippen MR) is 126 cm³/mol. The number of aliphatic hydroxyl groups excluding tert-OH is 1. The first kappa shape index (κ1) is 26.1. The summed E-state index contributed by atoms with van der Waals surface area (Å²) in [6.45, 7) is 0.298. The lowest BCUT2D eigenvalue weighted by atomic mass is 10.1. The van der Waals surface area contributed by atoms with Crippen molar-refractivity contribution in [3.05, 3.63) is 54.1 Å². The van der Waals surface area contributed by atoms with E-state index < -0.39 is 34.0 Å². The Labute approximate surface area is 196 Å². The topological polar surface area (TPSA) is 175 Å². The van der Waals surface area contributed by atoms with Gasteiger partial charge in [0.05, 0.1) is 12.9 Å². The summed E-state index contributed by atoms with van der Waals surface area (Å²) >= 11 is 0. The average molecular weight is 498 g/mol. The minimum Gasteiger partial charge on any atom is -0.384 e. The van der Waals surface area contributed by atoms with Gasteiger partial charge in [-0.1, -0.05) is 0 Å². The number of morpholine rings is 1. The Kier molecular flexibility index (Phi) is 8.39. The molecule has 33 heavy (non-hydrogen) atoms. The van der Waals surface area contributed by atoms with Crippen LogP contribution in [0.5, 0.6) is 0 Å². The zero-order valence-corrected chi connectivity index (χ0v) is 19.2. The van der Waals surface area contributed by atoms with Gasteiger partial charge in [-0.2, -0.15) is 0 Å². The van der Waals surface area contributed by atoms with E-state index in [4.69, 9.17) is 15.9 Å². The van der Waals surface area contributed by atoms with Crippen LogP contribution in [-0.2, 0) is 24.3 Å². The number of carbonyl (C=O) groups is 2. The Hall–Kier alpha value is -3.19. The van der Waals surface area contributed by atoms with Gasteiger partial charge >= 0.3 is 0 Å². The number of halogens is 1. The van der Waals surface area contributed by atoms with Crippen molar-refractivity contribution in [3.63, 3.8) is 0 Å². The van der Waals surface area contributed by atoms with E-state index in [1.807, 2.05) is 0 Å². The standard InChI is InChI=1S/C20H23N5O6S.ClH/c1-32(29,30)24-14-6-8-15(9-7-14)25-10-11-31-17(20(25)28)16(26)19(27)23-13-4-2-12(3-5-13)18(21)22;/h2-9,16-17,24,26H,10-11H2,1H3,(H3,21,22)(H,23,27);1H/t16-,17-;/m1./s1. The lowest BCUT2D eigenvalue weighted by Gasteiger charge is -2.34. The number of amidine groups is 1. The summed E-state index contributed by atoms with van der Waals surface area (Å²) in [6.07, 6.45) is -2.14. The lowest BCUT2D eigenvalue weighted by molar-refractivity contribution is -0.150. The number of hydrogen-bond acceptors (Lipinski definition) is 7. The van der Waals surface area contributed by atoms with E-state index >= 15 is 0 Å². The molecule has 2 aromatic carbocycles. The number of anilines is 3. The SMILES string of the molecule is CS(=O)(=O)Nc1ccc(N2CCO[C@H]([C@@H](O)C(=O)Nc3ccc(C(=N)N)cc3)C2=O)cc1.Cl. The van der Waals surface area contributed by atoms with Crippen molar-refractivity contribution >= 4 is 57.1 Å². The van der Waals surface area contributed by atoms with Gasteiger partial charge in [-0.15, -0.1) is 12.4 Å². The van der Waals surface area contributed by atoms with Crippen LogP contribution >= 0.6 is 12.4 Å². The van der Waals surface area contributed by atoms with E-state index in [0.717, 1.165) is 6.26 Å². The number of sulfonamides is 1. The molecule has 0 spiro atoms. The zero-order chi connectivity index (χ0) is 23.5. The van der Waals surface area contributed by atoms with Gasteiger partial charge in [-0.3, -0.25) is 19.7 Å². The van der Waals surface area contributed by atoms with Gasteiger partial charge in [0.25, 0.3) is 11.8 Å². The molecule has 0 aromatic heterocycles. The summed E-state index contributed by atoms with van der Waals surface area (Å²) in [7, 11) is -3.43. The maximum atomic E-state index is 12.9. The van der Waals surface area contributed by atoms with E-state index in [2.05, 4.69) is 10.0 Å². The molecule has 0 bridgehead atoms. The van der Waals surface area contributed by atoms with Crippen LogP contribution in [0.2, 0.25) is 0 Å². The first-order valence-corrected chi connectivity index (χ1v) is 11.4. The fourth-order valence-corrected chi connectivity index (χ4v) is 3.66. The molecule has 13 heteroatoms. The number of benzene rings is 2. The molecule has 0 radical (unpaired) electrons. The quantitative estimate of drug-likeness (QED) is 0.273. The van der Waals surface area contributed by atoms with Crippen molar-refractivity contribution in [2.45, 2.75) is 12.2 Å². The summed E-state index contributed by atoms with van der Waals surface area (Å²) in [4.78, 5) is 26.7. The molecule has 1 heterocycles. The Bertz CT molecular complexity index is 1120. The third-order valence-electron chi connectivity index (χ3n) is 4.62.